The Kier molecular flexibility index (Phi) is 6.26. The first-order valence-electron chi connectivity index (χ1n) is 11.3. The highest BCUT2D eigenvalue weighted by Gasteiger charge is 2.10. The third-order valence-electron chi connectivity index (χ3n) is 5.84. The highest BCUT2D eigenvalue weighted by atomic mass is 15.1. The molecular weight excluding hydrogens is 400 g/mol. The molecule has 0 fully saturated rings. The molecule has 0 aliphatic rings. The van der Waals surface area contributed by atoms with E-state index in [1.54, 1.807) is 0 Å². The van der Waals surface area contributed by atoms with Crippen LogP contribution in [0.5, 0.6) is 0 Å². The van der Waals surface area contributed by atoms with Crippen molar-refractivity contribution in [1.82, 2.24) is 4.98 Å². The largest absolute Gasteiger partial charge is 0.363 e. The lowest BCUT2D eigenvalue weighted by Crippen LogP contribution is -2.22. The van der Waals surface area contributed by atoms with E-state index in [1.807, 2.05) is 12.4 Å². The summed E-state index contributed by atoms with van der Waals surface area (Å²) >= 11 is 0. The molecule has 0 saturated carbocycles. The second-order valence-electron chi connectivity index (χ2n) is 8.19. The normalized spacial score (nSPS) is 10.7. The van der Waals surface area contributed by atoms with Gasteiger partial charge in [0.25, 0.3) is 0 Å². The van der Waals surface area contributed by atoms with E-state index in [0.29, 0.717) is 0 Å². The van der Waals surface area contributed by atoms with Crippen LogP contribution in [0.25, 0.3) is 22.3 Å². The topological polar surface area (TPSA) is 16.1 Å². The lowest BCUT2D eigenvalue weighted by atomic mass is 10.0. The molecule has 2 heteroatoms. The zero-order valence-electron chi connectivity index (χ0n) is 18.5. The lowest BCUT2D eigenvalue weighted by Gasteiger charge is -2.25. The van der Waals surface area contributed by atoms with Crippen LogP contribution in [0.15, 0.2) is 134 Å². The molecule has 0 aliphatic carbocycles. The van der Waals surface area contributed by atoms with E-state index < -0.39 is 0 Å². The van der Waals surface area contributed by atoms with Gasteiger partial charge in [-0.15, -0.1) is 0 Å². The zero-order chi connectivity index (χ0) is 22.3. The van der Waals surface area contributed by atoms with Crippen LogP contribution in [-0.2, 0) is 13.1 Å². The zero-order valence-corrected chi connectivity index (χ0v) is 18.5. The average Bonchev–Trinajstić information content (AvgIpc) is 2.90. The highest BCUT2D eigenvalue weighted by Crippen LogP contribution is 2.25. The molecule has 0 N–H and O–H groups in total. The highest BCUT2D eigenvalue weighted by molar-refractivity contribution is 5.65. The minimum Gasteiger partial charge on any atom is -0.363 e. The molecule has 160 valence electrons. The molecule has 5 aromatic rings. The Morgan fingerprint density at radius 3 is 1.39 bits per heavy atom. The van der Waals surface area contributed by atoms with E-state index in [-0.39, 0.29) is 0 Å². The Balaban J connectivity index is 1.44. The van der Waals surface area contributed by atoms with Gasteiger partial charge in [0.05, 0.1) is 0 Å². The minimum atomic E-state index is 0.820. The van der Waals surface area contributed by atoms with Gasteiger partial charge in [-0.25, -0.2) is 0 Å². The Bertz CT molecular complexity index is 1210. The standard InChI is InChI=1S/C31H26N2/c1-3-11-27(12-4-1)29-15-7-9-25(21-29)23-33(31-17-19-32-20-18-31)24-26-10-8-16-30(22-26)28-13-5-2-6-14-28/h1-22H,23-24H2. The van der Waals surface area contributed by atoms with Crippen molar-refractivity contribution in [3.05, 3.63) is 145 Å². The van der Waals surface area contributed by atoms with E-state index in [9.17, 15) is 0 Å². The SMILES string of the molecule is c1ccc(-c2cccc(CN(Cc3cccc(-c4ccccc4)c3)c3ccncc3)c2)cc1. The summed E-state index contributed by atoms with van der Waals surface area (Å²) < 4.78 is 0. The number of hydrogen-bond donors (Lipinski definition) is 0. The van der Waals surface area contributed by atoms with E-state index >= 15 is 0 Å². The molecule has 0 spiro atoms. The third-order valence-corrected chi connectivity index (χ3v) is 5.84. The van der Waals surface area contributed by atoms with Crippen molar-refractivity contribution in [2.45, 2.75) is 13.1 Å². The molecule has 4 aromatic carbocycles. The van der Waals surface area contributed by atoms with Crippen molar-refractivity contribution < 1.29 is 0 Å². The number of hydrogen-bond acceptors (Lipinski definition) is 2. The number of aromatic nitrogens is 1. The van der Waals surface area contributed by atoms with Crippen LogP contribution >= 0.6 is 0 Å². The van der Waals surface area contributed by atoms with E-state index in [0.717, 1.165) is 13.1 Å². The van der Waals surface area contributed by atoms with Crippen LogP contribution in [-0.4, -0.2) is 4.98 Å². The molecule has 33 heavy (non-hydrogen) atoms. The van der Waals surface area contributed by atoms with Gasteiger partial charge in [-0.2, -0.15) is 0 Å². The van der Waals surface area contributed by atoms with Crippen molar-refractivity contribution in [2.24, 2.45) is 0 Å². The lowest BCUT2D eigenvalue weighted by molar-refractivity contribution is 0.799. The van der Waals surface area contributed by atoms with E-state index in [1.165, 1.54) is 39.1 Å². The number of anilines is 1. The molecule has 0 unspecified atom stereocenters. The van der Waals surface area contributed by atoms with Crippen molar-refractivity contribution in [3.8, 4) is 22.3 Å². The first-order chi connectivity index (χ1) is 16.3. The first kappa shape index (κ1) is 20.7. The summed E-state index contributed by atoms with van der Waals surface area (Å²) in [6.45, 7) is 1.64. The summed E-state index contributed by atoms with van der Waals surface area (Å²) in [4.78, 5) is 6.64. The van der Waals surface area contributed by atoms with Gasteiger partial charge in [0.15, 0.2) is 0 Å². The fraction of sp³-hybridized carbons (Fsp3) is 0.0645. The molecule has 0 saturated heterocycles. The number of rotatable bonds is 7. The minimum absolute atomic E-state index is 0.820. The van der Waals surface area contributed by atoms with Crippen molar-refractivity contribution in [1.29, 1.82) is 0 Å². The fourth-order valence-electron chi connectivity index (χ4n) is 4.19. The summed E-state index contributed by atoms with van der Waals surface area (Å²) in [7, 11) is 0. The second-order valence-corrected chi connectivity index (χ2v) is 8.19. The smallest absolute Gasteiger partial charge is 0.0433 e. The first-order valence-corrected chi connectivity index (χ1v) is 11.3. The third kappa shape index (κ3) is 5.19. The number of pyridine rings is 1. The predicted molar refractivity (Wildman–Crippen MR) is 138 cm³/mol. The van der Waals surface area contributed by atoms with Crippen LogP contribution < -0.4 is 4.90 Å². The maximum absolute atomic E-state index is 4.22. The molecule has 0 radical (unpaired) electrons. The van der Waals surface area contributed by atoms with Gasteiger partial charge < -0.3 is 4.90 Å². The number of nitrogens with zero attached hydrogens (tertiary/aromatic N) is 2. The summed E-state index contributed by atoms with van der Waals surface area (Å²) in [5.74, 6) is 0. The maximum Gasteiger partial charge on any atom is 0.0433 e. The van der Waals surface area contributed by atoms with Crippen LogP contribution in [0.1, 0.15) is 11.1 Å². The average molecular weight is 427 g/mol. The monoisotopic (exact) mass is 426 g/mol. The predicted octanol–water partition coefficient (Wildman–Crippen LogP) is 7.62. The van der Waals surface area contributed by atoms with Crippen LogP contribution in [0.3, 0.4) is 0 Å². The quantitative estimate of drug-likeness (QED) is 0.266. The van der Waals surface area contributed by atoms with Crippen LogP contribution in [0.4, 0.5) is 5.69 Å². The van der Waals surface area contributed by atoms with Gasteiger partial charge in [0.1, 0.15) is 0 Å². The number of benzene rings is 4. The Morgan fingerprint density at radius 1 is 0.455 bits per heavy atom. The Hall–Kier alpha value is -4.17. The van der Waals surface area contributed by atoms with Crippen molar-refractivity contribution in [2.75, 3.05) is 4.90 Å². The molecular formula is C31H26N2. The van der Waals surface area contributed by atoms with Gasteiger partial charge in [-0.3, -0.25) is 4.98 Å². The molecule has 0 atom stereocenters. The van der Waals surface area contributed by atoms with E-state index in [2.05, 4.69) is 131 Å². The summed E-state index contributed by atoms with van der Waals surface area (Å²) in [5, 5.41) is 0. The summed E-state index contributed by atoms with van der Waals surface area (Å²) in [6.07, 6.45) is 3.73. The van der Waals surface area contributed by atoms with Gasteiger partial charge in [-0.1, -0.05) is 97.1 Å². The maximum atomic E-state index is 4.22. The van der Waals surface area contributed by atoms with Crippen LogP contribution in [0.2, 0.25) is 0 Å². The van der Waals surface area contributed by atoms with Crippen molar-refractivity contribution >= 4 is 5.69 Å². The summed E-state index contributed by atoms with van der Waals surface area (Å²) in [5.41, 5.74) is 8.71. The molecule has 2 nitrogen and oxygen atoms in total. The molecule has 1 aromatic heterocycles. The van der Waals surface area contributed by atoms with Crippen molar-refractivity contribution in [3.63, 3.8) is 0 Å². The van der Waals surface area contributed by atoms with Gasteiger partial charge in [0.2, 0.25) is 0 Å². The van der Waals surface area contributed by atoms with Crippen LogP contribution in [0, 0.1) is 0 Å². The molecule has 5 rings (SSSR count). The van der Waals surface area contributed by atoms with Gasteiger partial charge >= 0.3 is 0 Å². The van der Waals surface area contributed by atoms with Gasteiger partial charge in [0, 0.05) is 31.2 Å². The summed E-state index contributed by atoms with van der Waals surface area (Å²) in [6, 6.07) is 43.0. The Morgan fingerprint density at radius 2 is 0.909 bits per heavy atom. The Labute approximate surface area is 195 Å². The van der Waals surface area contributed by atoms with Gasteiger partial charge in [-0.05, 0) is 57.6 Å². The molecule has 0 bridgehead atoms. The molecule has 0 amide bonds. The second kappa shape index (κ2) is 9.97. The molecule has 1 heterocycles. The fourth-order valence-corrected chi connectivity index (χ4v) is 4.19. The molecule has 0 aliphatic heterocycles. The van der Waals surface area contributed by atoms with E-state index in [4.69, 9.17) is 0 Å².